The molecule has 1 amide bonds. The quantitative estimate of drug-likeness (QED) is 0.483. The van der Waals surface area contributed by atoms with Crippen LogP contribution in [-0.2, 0) is 6.54 Å². The molecule has 0 radical (unpaired) electrons. The van der Waals surface area contributed by atoms with E-state index in [2.05, 4.69) is 5.32 Å². The lowest BCUT2D eigenvalue weighted by molar-refractivity contribution is 0.0937. The van der Waals surface area contributed by atoms with E-state index in [1.54, 1.807) is 24.3 Å². The van der Waals surface area contributed by atoms with E-state index in [9.17, 15) is 9.18 Å². The summed E-state index contributed by atoms with van der Waals surface area (Å²) in [7, 11) is 0. The third-order valence-corrected chi connectivity index (χ3v) is 5.19. The maximum atomic E-state index is 14.4. The Morgan fingerprint density at radius 1 is 1.07 bits per heavy atom. The summed E-state index contributed by atoms with van der Waals surface area (Å²) < 4.78 is 16.3. The van der Waals surface area contributed by atoms with Crippen LogP contribution in [0.4, 0.5) is 4.39 Å². The van der Waals surface area contributed by atoms with Crippen LogP contribution in [0.2, 0.25) is 5.02 Å². The van der Waals surface area contributed by atoms with Crippen molar-refractivity contribution < 1.29 is 9.18 Å². The Balaban J connectivity index is 1.72. The van der Waals surface area contributed by atoms with Crippen molar-refractivity contribution in [1.82, 2.24) is 14.9 Å². The molecule has 1 atom stereocenters. The first-order valence-electron chi connectivity index (χ1n) is 9.28. The van der Waals surface area contributed by atoms with Gasteiger partial charge in [0, 0.05) is 16.1 Å². The number of rotatable bonds is 5. The van der Waals surface area contributed by atoms with Gasteiger partial charge in [-0.2, -0.15) is 0 Å². The van der Waals surface area contributed by atoms with Crippen LogP contribution in [-0.4, -0.2) is 15.5 Å². The van der Waals surface area contributed by atoms with E-state index < -0.39 is 0 Å². The van der Waals surface area contributed by atoms with E-state index in [4.69, 9.17) is 16.6 Å². The molecule has 0 spiro atoms. The fourth-order valence-corrected chi connectivity index (χ4v) is 3.59. The summed E-state index contributed by atoms with van der Waals surface area (Å²) in [5.41, 5.74) is 2.58. The highest BCUT2D eigenvalue weighted by Gasteiger charge is 2.20. The largest absolute Gasteiger partial charge is 0.342 e. The molecule has 1 N–H and O–H groups in total. The lowest BCUT2D eigenvalue weighted by atomic mass is 10.2. The van der Waals surface area contributed by atoms with Gasteiger partial charge < -0.3 is 9.88 Å². The number of carbonyl (C=O) groups excluding carboxylic acids is 1. The average Bonchev–Trinajstić information content (AvgIpc) is 3.10. The van der Waals surface area contributed by atoms with E-state index >= 15 is 0 Å². The number of hydrogen-bond acceptors (Lipinski definition) is 2. The molecule has 3 aromatic carbocycles. The van der Waals surface area contributed by atoms with Crippen LogP contribution in [0.5, 0.6) is 0 Å². The minimum Gasteiger partial charge on any atom is -0.342 e. The number of nitrogens with zero attached hydrogens (tertiary/aromatic N) is 2. The van der Waals surface area contributed by atoms with Crippen molar-refractivity contribution >= 4 is 28.5 Å². The van der Waals surface area contributed by atoms with Crippen LogP contribution in [0.25, 0.3) is 11.0 Å². The lowest BCUT2D eigenvalue weighted by Gasteiger charge is -2.17. The zero-order chi connectivity index (χ0) is 20.4. The Hall–Kier alpha value is -3.18. The predicted molar refractivity (Wildman–Crippen MR) is 113 cm³/mol. The maximum absolute atomic E-state index is 14.4. The summed E-state index contributed by atoms with van der Waals surface area (Å²) in [6.07, 6.45) is 0. The number of amides is 1. The first-order valence-corrected chi connectivity index (χ1v) is 9.66. The van der Waals surface area contributed by atoms with E-state index in [0.717, 1.165) is 11.0 Å². The Morgan fingerprint density at radius 3 is 2.55 bits per heavy atom. The molecule has 1 aromatic heterocycles. The van der Waals surface area contributed by atoms with Crippen LogP contribution in [0.1, 0.15) is 34.7 Å². The second-order valence-corrected chi connectivity index (χ2v) is 7.21. The molecule has 29 heavy (non-hydrogen) atoms. The fourth-order valence-electron chi connectivity index (χ4n) is 3.37. The van der Waals surface area contributed by atoms with E-state index in [1.165, 1.54) is 6.07 Å². The van der Waals surface area contributed by atoms with Crippen molar-refractivity contribution in [1.29, 1.82) is 0 Å². The van der Waals surface area contributed by atoms with Crippen LogP contribution >= 0.6 is 11.6 Å². The van der Waals surface area contributed by atoms with Crippen molar-refractivity contribution in [2.24, 2.45) is 0 Å². The summed E-state index contributed by atoms with van der Waals surface area (Å²) in [4.78, 5) is 17.3. The average molecular weight is 408 g/mol. The first kappa shape index (κ1) is 19.2. The normalized spacial score (nSPS) is 12.1. The Labute approximate surface area is 173 Å². The van der Waals surface area contributed by atoms with Gasteiger partial charge >= 0.3 is 0 Å². The van der Waals surface area contributed by atoms with E-state index in [1.807, 2.05) is 54.0 Å². The number of nitrogens with one attached hydrogen (secondary N) is 1. The summed E-state index contributed by atoms with van der Waals surface area (Å²) >= 11 is 6.25. The minimum absolute atomic E-state index is 0.194. The fraction of sp³-hybridized carbons (Fsp3) is 0.130. The van der Waals surface area contributed by atoms with E-state index in [0.29, 0.717) is 22.0 Å². The maximum Gasteiger partial charge on any atom is 0.251 e. The van der Waals surface area contributed by atoms with Gasteiger partial charge in [0.05, 0.1) is 23.6 Å². The number of hydrogen-bond donors (Lipinski definition) is 1. The molecule has 6 heteroatoms. The predicted octanol–water partition coefficient (Wildman–Crippen LogP) is 5.37. The van der Waals surface area contributed by atoms with Gasteiger partial charge in [-0.25, -0.2) is 9.37 Å². The number of halogens is 2. The number of fused-ring (bicyclic) bond motifs is 1. The van der Waals surface area contributed by atoms with Crippen molar-refractivity contribution in [2.75, 3.05) is 0 Å². The van der Waals surface area contributed by atoms with Crippen LogP contribution in [0, 0.1) is 5.82 Å². The highest BCUT2D eigenvalue weighted by molar-refractivity contribution is 6.31. The molecule has 4 nitrogen and oxygen atoms in total. The highest BCUT2D eigenvalue weighted by atomic mass is 35.5. The molecule has 0 aliphatic rings. The number of aromatic nitrogens is 2. The van der Waals surface area contributed by atoms with Gasteiger partial charge in [-0.1, -0.05) is 48.0 Å². The second-order valence-electron chi connectivity index (χ2n) is 6.81. The summed E-state index contributed by atoms with van der Waals surface area (Å²) in [6.45, 7) is 2.08. The molecule has 0 fully saturated rings. The number of para-hydroxylation sites is 2. The molecule has 1 unspecified atom stereocenters. The number of carbonyl (C=O) groups is 1. The molecule has 0 aliphatic heterocycles. The van der Waals surface area contributed by atoms with Gasteiger partial charge in [0.25, 0.3) is 5.91 Å². The summed E-state index contributed by atoms with van der Waals surface area (Å²) in [5, 5.41) is 3.34. The molecule has 1 heterocycles. The van der Waals surface area contributed by atoms with Crippen molar-refractivity contribution in [3.63, 3.8) is 0 Å². The second kappa shape index (κ2) is 8.05. The molecular formula is C23H19ClFN3O. The molecule has 0 aliphatic carbocycles. The molecule has 4 rings (SSSR count). The summed E-state index contributed by atoms with van der Waals surface area (Å²) in [6, 6.07) is 20.9. The van der Waals surface area contributed by atoms with Gasteiger partial charge in [-0.15, -0.1) is 0 Å². The van der Waals surface area contributed by atoms with Gasteiger partial charge in [0.15, 0.2) is 0 Å². The van der Waals surface area contributed by atoms with Crippen molar-refractivity contribution in [2.45, 2.75) is 19.5 Å². The van der Waals surface area contributed by atoms with Crippen molar-refractivity contribution in [3.05, 3.63) is 101 Å². The molecule has 4 aromatic rings. The number of imidazole rings is 1. The van der Waals surface area contributed by atoms with Crippen LogP contribution < -0.4 is 5.32 Å². The standard InChI is InChI=1S/C23H19ClFN3O/c1-15(26-23(29)16-8-3-2-4-9-16)22-27-20-12-5-6-13-21(20)28(22)14-17-18(24)10-7-11-19(17)25/h2-13,15H,14H2,1H3,(H,26,29). The van der Waals surface area contributed by atoms with E-state index in [-0.39, 0.29) is 24.3 Å². The minimum atomic E-state index is -0.388. The highest BCUT2D eigenvalue weighted by Crippen LogP contribution is 2.26. The van der Waals surface area contributed by atoms with Gasteiger partial charge in [-0.3, -0.25) is 4.79 Å². The lowest BCUT2D eigenvalue weighted by Crippen LogP contribution is -2.28. The zero-order valence-electron chi connectivity index (χ0n) is 15.8. The Kier molecular flexibility index (Phi) is 5.32. The van der Waals surface area contributed by atoms with Crippen molar-refractivity contribution in [3.8, 4) is 0 Å². The number of benzene rings is 3. The van der Waals surface area contributed by atoms with Gasteiger partial charge in [0.2, 0.25) is 0 Å². The topological polar surface area (TPSA) is 46.9 Å². The monoisotopic (exact) mass is 407 g/mol. The Morgan fingerprint density at radius 2 is 1.79 bits per heavy atom. The van der Waals surface area contributed by atoms with Gasteiger partial charge in [-0.05, 0) is 43.3 Å². The third kappa shape index (κ3) is 3.87. The molecular weight excluding hydrogens is 389 g/mol. The molecule has 146 valence electrons. The Bertz CT molecular complexity index is 1150. The van der Waals surface area contributed by atoms with Gasteiger partial charge in [0.1, 0.15) is 11.6 Å². The van der Waals surface area contributed by atoms with Crippen LogP contribution in [0.3, 0.4) is 0 Å². The summed E-state index contributed by atoms with van der Waals surface area (Å²) in [5.74, 6) is 0.0673. The SMILES string of the molecule is CC(NC(=O)c1ccccc1)c1nc2ccccc2n1Cc1c(F)cccc1Cl. The third-order valence-electron chi connectivity index (χ3n) is 4.83. The zero-order valence-corrected chi connectivity index (χ0v) is 16.5. The van der Waals surface area contributed by atoms with Crippen LogP contribution in [0.15, 0.2) is 72.8 Å². The molecule has 0 saturated heterocycles. The first-order chi connectivity index (χ1) is 14.0. The smallest absolute Gasteiger partial charge is 0.251 e. The molecule has 0 saturated carbocycles. The molecule has 0 bridgehead atoms.